The average molecular weight is 467 g/mol. The van der Waals surface area contributed by atoms with Crippen LogP contribution < -0.4 is 10.5 Å². The van der Waals surface area contributed by atoms with E-state index in [1.54, 1.807) is 11.0 Å². The number of nitrogens with zero attached hydrogens (tertiary/aromatic N) is 4. The van der Waals surface area contributed by atoms with E-state index in [2.05, 4.69) is 4.98 Å². The normalized spacial score (nSPS) is 11.4. The first-order chi connectivity index (χ1) is 16.6. The number of furan rings is 1. The summed E-state index contributed by atoms with van der Waals surface area (Å²) in [6, 6.07) is 22.7. The van der Waals surface area contributed by atoms with E-state index in [0.29, 0.717) is 16.2 Å². The molecule has 0 spiro atoms. The highest BCUT2D eigenvalue weighted by atomic mass is 32.1. The number of hydrogen-bond donors (Lipinski definition) is 0. The zero-order valence-corrected chi connectivity index (χ0v) is 19.0. The Hall–Kier alpha value is -4.30. The van der Waals surface area contributed by atoms with Crippen molar-refractivity contribution in [2.24, 2.45) is 0 Å². The monoisotopic (exact) mass is 466 g/mol. The highest BCUT2D eigenvalue weighted by Gasteiger charge is 2.24. The van der Waals surface area contributed by atoms with Crippen molar-refractivity contribution in [3.63, 3.8) is 0 Å². The van der Waals surface area contributed by atoms with Crippen LogP contribution in [0.15, 0.2) is 88.3 Å². The van der Waals surface area contributed by atoms with E-state index in [9.17, 15) is 9.59 Å². The Balaban J connectivity index is 1.45. The van der Waals surface area contributed by atoms with Crippen molar-refractivity contribution in [3.8, 4) is 0 Å². The van der Waals surface area contributed by atoms with Crippen LogP contribution in [0.25, 0.3) is 32.3 Å². The summed E-state index contributed by atoms with van der Waals surface area (Å²) in [5.74, 6) is -0.298. The zero-order valence-electron chi connectivity index (χ0n) is 18.1. The number of hydrogen-bond acceptors (Lipinski definition) is 6. The number of benzene rings is 3. The first-order valence-electron chi connectivity index (χ1n) is 10.7. The number of amides is 1. The van der Waals surface area contributed by atoms with Gasteiger partial charge in [-0.3, -0.25) is 19.1 Å². The summed E-state index contributed by atoms with van der Waals surface area (Å²) in [5, 5.41) is 1.32. The second-order valence-corrected chi connectivity index (χ2v) is 8.94. The number of anilines is 2. The van der Waals surface area contributed by atoms with Gasteiger partial charge in [0.25, 0.3) is 11.5 Å². The van der Waals surface area contributed by atoms with Crippen molar-refractivity contribution in [3.05, 3.63) is 95.0 Å². The number of para-hydroxylation sites is 3. The van der Waals surface area contributed by atoms with Gasteiger partial charge < -0.3 is 4.42 Å². The molecular weight excluding hydrogens is 448 g/mol. The number of aromatic nitrogens is 3. The lowest BCUT2D eigenvalue weighted by atomic mass is 10.2. The van der Waals surface area contributed by atoms with Gasteiger partial charge in [0.05, 0.1) is 22.2 Å². The maximum atomic E-state index is 13.7. The van der Waals surface area contributed by atoms with Gasteiger partial charge in [-0.1, -0.05) is 53.8 Å². The first kappa shape index (κ1) is 20.3. The second-order valence-electron chi connectivity index (χ2n) is 7.93. The Morgan fingerprint density at radius 2 is 1.79 bits per heavy atom. The number of aryl methyl sites for hydroxylation is 1. The van der Waals surface area contributed by atoms with Crippen molar-refractivity contribution >= 4 is 60.3 Å². The van der Waals surface area contributed by atoms with Crippen LogP contribution in [0.1, 0.15) is 5.56 Å². The van der Waals surface area contributed by atoms with Crippen molar-refractivity contribution in [1.29, 1.82) is 0 Å². The SMILES string of the molecule is Cc1ccccc1N(C(=O)Cn1cnc2c(oc3ccccc32)c1=O)c1nc2ccccc2s1. The van der Waals surface area contributed by atoms with E-state index in [0.717, 1.165) is 26.9 Å². The molecule has 0 bridgehead atoms. The molecule has 0 unspecified atom stereocenters. The second kappa shape index (κ2) is 7.93. The van der Waals surface area contributed by atoms with Crippen molar-refractivity contribution in [2.75, 3.05) is 4.90 Å². The Kier molecular flexibility index (Phi) is 4.74. The standard InChI is InChI=1S/C26H18N4O3S/c1-16-8-2-5-11-19(16)30(26-28-18-10-4-7-13-21(18)34-26)22(31)14-29-15-27-23-17-9-3-6-12-20(17)33-24(23)25(29)32/h2-13,15H,14H2,1H3. The third-order valence-electron chi connectivity index (χ3n) is 5.74. The Morgan fingerprint density at radius 1 is 1.03 bits per heavy atom. The third kappa shape index (κ3) is 3.27. The number of carbonyl (C=O) groups is 1. The minimum atomic E-state index is -0.399. The molecule has 0 fully saturated rings. The van der Waals surface area contributed by atoms with Crippen LogP contribution in [0.3, 0.4) is 0 Å². The van der Waals surface area contributed by atoms with Gasteiger partial charge in [-0.15, -0.1) is 0 Å². The molecule has 1 amide bonds. The molecule has 34 heavy (non-hydrogen) atoms. The van der Waals surface area contributed by atoms with Gasteiger partial charge in [0.15, 0.2) is 5.13 Å². The molecule has 3 heterocycles. The maximum absolute atomic E-state index is 13.7. The molecule has 0 aliphatic heterocycles. The van der Waals surface area contributed by atoms with Crippen LogP contribution in [0, 0.1) is 6.92 Å². The molecule has 0 saturated heterocycles. The molecule has 0 radical (unpaired) electrons. The van der Waals surface area contributed by atoms with Crippen LogP contribution in [-0.2, 0) is 11.3 Å². The fraction of sp³-hybridized carbons (Fsp3) is 0.0769. The summed E-state index contributed by atoms with van der Waals surface area (Å²) in [6.45, 7) is 1.74. The molecule has 8 heteroatoms. The van der Waals surface area contributed by atoms with Gasteiger partial charge in [-0.2, -0.15) is 0 Å². The Bertz CT molecular complexity index is 1730. The van der Waals surface area contributed by atoms with Gasteiger partial charge in [0, 0.05) is 5.39 Å². The van der Waals surface area contributed by atoms with Crippen molar-refractivity contribution in [1.82, 2.24) is 14.5 Å². The van der Waals surface area contributed by atoms with E-state index in [-0.39, 0.29) is 18.0 Å². The summed E-state index contributed by atoms with van der Waals surface area (Å²) in [7, 11) is 0. The first-order valence-corrected chi connectivity index (χ1v) is 11.5. The molecule has 6 aromatic rings. The van der Waals surface area contributed by atoms with E-state index in [1.165, 1.54) is 22.2 Å². The fourth-order valence-electron chi connectivity index (χ4n) is 4.06. The van der Waals surface area contributed by atoms with Crippen LogP contribution in [-0.4, -0.2) is 20.4 Å². The fourth-order valence-corrected chi connectivity index (χ4v) is 5.06. The highest BCUT2D eigenvalue weighted by Crippen LogP contribution is 2.35. The lowest BCUT2D eigenvalue weighted by molar-refractivity contribution is -0.118. The number of thiazole rings is 1. The predicted octanol–water partition coefficient (Wildman–Crippen LogP) is 5.43. The van der Waals surface area contributed by atoms with Crippen LogP contribution in [0.5, 0.6) is 0 Å². The minimum absolute atomic E-state index is 0.138. The summed E-state index contributed by atoms with van der Waals surface area (Å²) in [6.07, 6.45) is 1.40. The summed E-state index contributed by atoms with van der Waals surface area (Å²) >= 11 is 1.43. The Morgan fingerprint density at radius 3 is 2.65 bits per heavy atom. The number of carbonyl (C=O) groups excluding carboxylic acids is 1. The highest BCUT2D eigenvalue weighted by molar-refractivity contribution is 7.22. The van der Waals surface area contributed by atoms with Gasteiger partial charge >= 0.3 is 0 Å². The molecule has 3 aromatic carbocycles. The zero-order chi connectivity index (χ0) is 23.2. The van der Waals surface area contributed by atoms with E-state index in [4.69, 9.17) is 9.40 Å². The average Bonchev–Trinajstić information content (AvgIpc) is 3.44. The lowest BCUT2D eigenvalue weighted by Gasteiger charge is -2.22. The lowest BCUT2D eigenvalue weighted by Crippen LogP contribution is -2.34. The maximum Gasteiger partial charge on any atom is 0.297 e. The van der Waals surface area contributed by atoms with E-state index < -0.39 is 5.56 Å². The molecule has 6 rings (SSSR count). The molecule has 0 aliphatic rings. The van der Waals surface area contributed by atoms with E-state index >= 15 is 0 Å². The van der Waals surface area contributed by atoms with Crippen LogP contribution in [0.2, 0.25) is 0 Å². The van der Waals surface area contributed by atoms with Crippen LogP contribution in [0.4, 0.5) is 10.8 Å². The van der Waals surface area contributed by atoms with Crippen molar-refractivity contribution in [2.45, 2.75) is 13.5 Å². The van der Waals surface area contributed by atoms with Gasteiger partial charge in [-0.25, -0.2) is 9.97 Å². The molecule has 0 atom stereocenters. The van der Waals surface area contributed by atoms with Crippen molar-refractivity contribution < 1.29 is 9.21 Å². The number of fused-ring (bicyclic) bond motifs is 4. The third-order valence-corrected chi connectivity index (χ3v) is 6.76. The molecule has 0 aliphatic carbocycles. The molecule has 7 nitrogen and oxygen atoms in total. The molecular formula is C26H18N4O3S. The predicted molar refractivity (Wildman–Crippen MR) is 134 cm³/mol. The number of rotatable bonds is 4. The summed E-state index contributed by atoms with van der Waals surface area (Å²) in [5.41, 5.74) is 3.28. The smallest absolute Gasteiger partial charge is 0.297 e. The van der Waals surface area contributed by atoms with Gasteiger partial charge in [-0.05, 0) is 42.8 Å². The molecule has 0 saturated carbocycles. The topological polar surface area (TPSA) is 81.2 Å². The quantitative estimate of drug-likeness (QED) is 0.346. The Labute approximate surface area is 197 Å². The summed E-state index contributed by atoms with van der Waals surface area (Å²) in [4.78, 5) is 37.6. The van der Waals surface area contributed by atoms with Crippen LogP contribution >= 0.6 is 11.3 Å². The molecule has 0 N–H and O–H groups in total. The molecule has 166 valence electrons. The minimum Gasteiger partial charge on any atom is -0.448 e. The summed E-state index contributed by atoms with van der Waals surface area (Å²) < 4.78 is 8.02. The van der Waals surface area contributed by atoms with Gasteiger partial charge in [0.1, 0.15) is 17.6 Å². The van der Waals surface area contributed by atoms with Gasteiger partial charge in [0.2, 0.25) is 5.58 Å². The largest absolute Gasteiger partial charge is 0.448 e. The molecule has 3 aromatic heterocycles. The van der Waals surface area contributed by atoms with E-state index in [1.807, 2.05) is 73.7 Å².